The van der Waals surface area contributed by atoms with Crippen LogP contribution in [0.5, 0.6) is 5.75 Å². The number of carbonyl (C=O) groups is 1. The Labute approximate surface area is 186 Å². The van der Waals surface area contributed by atoms with E-state index in [0.29, 0.717) is 23.5 Å². The van der Waals surface area contributed by atoms with Crippen LogP contribution in [-0.2, 0) is 10.9 Å². The number of halogens is 4. The molecule has 0 amide bonds. The lowest BCUT2D eigenvalue weighted by molar-refractivity contribution is -0.137. The number of ketones is 1. The van der Waals surface area contributed by atoms with Gasteiger partial charge in [-0.1, -0.05) is 18.2 Å². The van der Waals surface area contributed by atoms with Crippen molar-refractivity contribution in [2.24, 2.45) is 0 Å². The maximum Gasteiger partial charge on any atom is 0.416 e. The first-order valence-electron chi connectivity index (χ1n) is 9.84. The molecule has 0 unspecified atom stereocenters. The standard InChI is InChI=1S/C23H24F3NO3.ClH/c24-23(25,26)20-7-2-18(3-8-20)4-11-22(28)19-5-9-21(10-6-19)30-15-1-12-27-13-16-29-17-14-27;/h2-11H,1,12-17H2;1H/b11-4+;. The highest BCUT2D eigenvalue weighted by molar-refractivity contribution is 6.06. The van der Waals surface area contributed by atoms with Crippen molar-refractivity contribution in [1.82, 2.24) is 4.90 Å². The first-order valence-corrected chi connectivity index (χ1v) is 9.84. The quantitative estimate of drug-likeness (QED) is 0.314. The number of morpholine rings is 1. The monoisotopic (exact) mass is 455 g/mol. The topological polar surface area (TPSA) is 38.8 Å². The highest BCUT2D eigenvalue weighted by atomic mass is 35.5. The maximum absolute atomic E-state index is 12.6. The molecule has 1 aliphatic heterocycles. The van der Waals surface area contributed by atoms with Gasteiger partial charge in [-0.25, -0.2) is 0 Å². The Hall–Kier alpha value is -2.35. The van der Waals surface area contributed by atoms with Crippen LogP contribution in [0.1, 0.15) is 27.9 Å². The van der Waals surface area contributed by atoms with Crippen LogP contribution in [0.15, 0.2) is 54.6 Å². The Bertz CT molecular complexity index is 846. The highest BCUT2D eigenvalue weighted by Gasteiger charge is 2.29. The van der Waals surface area contributed by atoms with Crippen molar-refractivity contribution in [3.05, 3.63) is 71.3 Å². The van der Waals surface area contributed by atoms with Gasteiger partial charge in [0.15, 0.2) is 5.78 Å². The number of hydrogen-bond acceptors (Lipinski definition) is 4. The number of allylic oxidation sites excluding steroid dienone is 1. The van der Waals surface area contributed by atoms with E-state index in [9.17, 15) is 18.0 Å². The molecule has 4 nitrogen and oxygen atoms in total. The molecule has 1 aliphatic rings. The number of benzene rings is 2. The predicted octanol–water partition coefficient (Wildman–Crippen LogP) is 5.12. The van der Waals surface area contributed by atoms with Gasteiger partial charge in [-0.05, 0) is 54.5 Å². The number of rotatable bonds is 8. The second-order valence-corrected chi connectivity index (χ2v) is 7.00. The van der Waals surface area contributed by atoms with Crippen molar-refractivity contribution in [2.75, 3.05) is 39.5 Å². The molecule has 31 heavy (non-hydrogen) atoms. The predicted molar refractivity (Wildman–Crippen MR) is 116 cm³/mol. The molecule has 3 rings (SSSR count). The summed E-state index contributed by atoms with van der Waals surface area (Å²) in [5, 5.41) is 0. The van der Waals surface area contributed by atoms with Gasteiger partial charge in [0.2, 0.25) is 0 Å². The minimum absolute atomic E-state index is 0. The summed E-state index contributed by atoms with van der Waals surface area (Å²) in [4.78, 5) is 14.6. The number of hydrogen-bond donors (Lipinski definition) is 0. The molecule has 1 fully saturated rings. The van der Waals surface area contributed by atoms with Crippen molar-refractivity contribution in [2.45, 2.75) is 12.6 Å². The van der Waals surface area contributed by atoms with Crippen molar-refractivity contribution in [1.29, 1.82) is 0 Å². The SMILES string of the molecule is Cl.O=C(/C=C/c1ccc(C(F)(F)F)cc1)c1ccc(OCCCN2CCOCC2)cc1. The molecule has 0 saturated carbocycles. The fourth-order valence-corrected chi connectivity index (χ4v) is 3.07. The van der Waals surface area contributed by atoms with Gasteiger partial charge in [0.1, 0.15) is 5.75 Å². The van der Waals surface area contributed by atoms with Gasteiger partial charge in [-0.2, -0.15) is 13.2 Å². The average molecular weight is 456 g/mol. The van der Waals surface area contributed by atoms with Gasteiger partial charge in [0, 0.05) is 25.2 Å². The molecule has 0 bridgehead atoms. The first kappa shape index (κ1) is 24.9. The summed E-state index contributed by atoms with van der Waals surface area (Å²) in [6.45, 7) is 5.04. The zero-order valence-electron chi connectivity index (χ0n) is 16.9. The van der Waals surface area contributed by atoms with Crippen molar-refractivity contribution in [3.8, 4) is 5.75 Å². The summed E-state index contributed by atoms with van der Waals surface area (Å²) < 4.78 is 48.8. The molecule has 2 aromatic rings. The molecule has 0 spiro atoms. The lowest BCUT2D eigenvalue weighted by Gasteiger charge is -2.26. The Kier molecular flexibility index (Phi) is 9.55. The number of alkyl halides is 3. The summed E-state index contributed by atoms with van der Waals surface area (Å²) in [6.07, 6.45) is -0.611. The molecule has 8 heteroatoms. The van der Waals surface area contributed by atoms with Gasteiger partial charge in [0.25, 0.3) is 0 Å². The van der Waals surface area contributed by atoms with Crippen LogP contribution in [-0.4, -0.2) is 50.1 Å². The third-order valence-electron chi connectivity index (χ3n) is 4.80. The smallest absolute Gasteiger partial charge is 0.416 e. The van der Waals surface area contributed by atoms with Gasteiger partial charge in [0.05, 0.1) is 25.4 Å². The van der Waals surface area contributed by atoms with Gasteiger partial charge < -0.3 is 9.47 Å². The zero-order valence-corrected chi connectivity index (χ0v) is 17.8. The van der Waals surface area contributed by atoms with Crippen LogP contribution < -0.4 is 4.74 Å². The molecular weight excluding hydrogens is 431 g/mol. The van der Waals surface area contributed by atoms with E-state index in [1.807, 2.05) is 0 Å². The Morgan fingerprint density at radius 3 is 2.29 bits per heavy atom. The summed E-state index contributed by atoms with van der Waals surface area (Å²) in [5.74, 6) is 0.467. The Balaban J connectivity index is 0.00000341. The molecule has 168 valence electrons. The van der Waals surface area contributed by atoms with Gasteiger partial charge >= 0.3 is 6.18 Å². The molecule has 1 saturated heterocycles. The minimum atomic E-state index is -4.37. The largest absolute Gasteiger partial charge is 0.494 e. The van der Waals surface area contributed by atoms with E-state index in [-0.39, 0.29) is 18.2 Å². The molecule has 0 aliphatic carbocycles. The second-order valence-electron chi connectivity index (χ2n) is 7.00. The third kappa shape index (κ3) is 8.01. The summed E-state index contributed by atoms with van der Waals surface area (Å²) in [7, 11) is 0. The highest BCUT2D eigenvalue weighted by Crippen LogP contribution is 2.29. The van der Waals surface area contributed by atoms with Gasteiger partial charge in [-0.15, -0.1) is 12.4 Å². The number of carbonyl (C=O) groups excluding carboxylic acids is 1. The zero-order chi connectivity index (χ0) is 21.4. The Morgan fingerprint density at radius 1 is 1.03 bits per heavy atom. The lowest BCUT2D eigenvalue weighted by Crippen LogP contribution is -2.37. The van der Waals surface area contributed by atoms with Crippen molar-refractivity contribution >= 4 is 24.3 Å². The van der Waals surface area contributed by atoms with Crippen LogP contribution in [0.25, 0.3) is 6.08 Å². The normalized spacial score (nSPS) is 14.9. The molecule has 2 aromatic carbocycles. The van der Waals surface area contributed by atoms with Crippen molar-refractivity contribution < 1.29 is 27.4 Å². The van der Waals surface area contributed by atoms with Crippen LogP contribution in [0.2, 0.25) is 0 Å². The summed E-state index contributed by atoms with van der Waals surface area (Å²) >= 11 is 0. The van der Waals surface area contributed by atoms with E-state index in [4.69, 9.17) is 9.47 Å². The molecule has 0 atom stereocenters. The molecule has 0 aromatic heterocycles. The van der Waals surface area contributed by atoms with Gasteiger partial charge in [-0.3, -0.25) is 9.69 Å². The van der Waals surface area contributed by atoms with E-state index in [1.165, 1.54) is 24.3 Å². The number of nitrogens with zero attached hydrogens (tertiary/aromatic N) is 1. The molecular formula is C23H25ClF3NO3. The van der Waals surface area contributed by atoms with Crippen molar-refractivity contribution in [3.63, 3.8) is 0 Å². The van der Waals surface area contributed by atoms with E-state index in [2.05, 4.69) is 4.90 Å². The Morgan fingerprint density at radius 2 is 1.68 bits per heavy atom. The van der Waals surface area contributed by atoms with Crippen LogP contribution >= 0.6 is 12.4 Å². The maximum atomic E-state index is 12.6. The van der Waals surface area contributed by atoms with Crippen LogP contribution in [0.3, 0.4) is 0 Å². The van der Waals surface area contributed by atoms with E-state index in [1.54, 1.807) is 24.3 Å². The lowest BCUT2D eigenvalue weighted by atomic mass is 10.1. The second kappa shape index (κ2) is 11.9. The minimum Gasteiger partial charge on any atom is -0.494 e. The van der Waals surface area contributed by atoms with E-state index < -0.39 is 11.7 Å². The fourth-order valence-electron chi connectivity index (χ4n) is 3.07. The van der Waals surface area contributed by atoms with Crippen LogP contribution in [0, 0.1) is 0 Å². The van der Waals surface area contributed by atoms with E-state index in [0.717, 1.165) is 51.4 Å². The molecule has 0 N–H and O–H groups in total. The van der Waals surface area contributed by atoms with E-state index >= 15 is 0 Å². The first-order chi connectivity index (χ1) is 14.4. The van der Waals surface area contributed by atoms with Crippen LogP contribution in [0.4, 0.5) is 13.2 Å². The summed E-state index contributed by atoms with van der Waals surface area (Å²) in [6, 6.07) is 11.5. The fraction of sp³-hybridized carbons (Fsp3) is 0.348. The average Bonchev–Trinajstić information content (AvgIpc) is 2.76. The third-order valence-corrected chi connectivity index (χ3v) is 4.80. The number of ether oxygens (including phenoxy) is 2. The molecule has 0 radical (unpaired) electrons. The summed E-state index contributed by atoms with van der Waals surface area (Å²) in [5.41, 5.74) is 0.293. The molecule has 1 heterocycles.